The lowest BCUT2D eigenvalue weighted by molar-refractivity contribution is -0.303. The van der Waals surface area contributed by atoms with Crippen molar-refractivity contribution in [2.45, 2.75) is 42.4 Å². The van der Waals surface area contributed by atoms with Crippen molar-refractivity contribution in [2.75, 3.05) is 13.7 Å². The second kappa shape index (κ2) is 3.05. The van der Waals surface area contributed by atoms with Crippen molar-refractivity contribution < 1.29 is 19.4 Å². The summed E-state index contributed by atoms with van der Waals surface area (Å²) in [5.74, 6) is 1.49. The molecule has 5 aliphatic rings. The molecule has 3 fully saturated rings. The second-order valence-electron chi connectivity index (χ2n) is 7.47. The summed E-state index contributed by atoms with van der Waals surface area (Å²) in [7, 11) is 1.62. The number of Topliss-reactive ketones (excluding diaryl/α,β-unsaturated/α-hetero) is 1. The Morgan fingerprint density at radius 3 is 3.05 bits per heavy atom. The van der Waals surface area contributed by atoms with E-state index < -0.39 is 17.1 Å². The molecule has 5 heteroatoms. The highest BCUT2D eigenvalue weighted by Gasteiger charge is 2.91. The first-order valence-electron chi connectivity index (χ1n) is 7.96. The monoisotopic (exact) mass is 299 g/mol. The molecule has 1 saturated heterocycles. The van der Waals surface area contributed by atoms with Gasteiger partial charge < -0.3 is 19.9 Å². The van der Waals surface area contributed by atoms with Crippen LogP contribution in [0.5, 0.6) is 11.5 Å². The van der Waals surface area contributed by atoms with Crippen LogP contribution in [0.25, 0.3) is 0 Å². The maximum atomic E-state index is 12.6. The maximum absolute atomic E-state index is 12.6. The van der Waals surface area contributed by atoms with Crippen LogP contribution >= 0.6 is 0 Å². The minimum atomic E-state index is -0.868. The Morgan fingerprint density at radius 1 is 1.45 bits per heavy atom. The Balaban J connectivity index is 1.73. The SMILES string of the molecule is COc1ccc2c3c1O[C@@H]1C(=O)CC[C@]4(O)[C@H]5NCC5(C2)[C@@]314. The Kier molecular flexibility index (Phi) is 1.65. The molecule has 6 rings (SSSR count). The Hall–Kier alpha value is -1.59. The third-order valence-corrected chi connectivity index (χ3v) is 7.12. The van der Waals surface area contributed by atoms with Gasteiger partial charge in [-0.25, -0.2) is 0 Å². The number of carbonyl (C=O) groups excluding carboxylic acids is 1. The van der Waals surface area contributed by atoms with Crippen molar-refractivity contribution in [3.8, 4) is 11.5 Å². The molecule has 0 bridgehead atoms. The molecule has 2 spiro atoms. The number of fused-ring (bicyclic) bond motifs is 1. The van der Waals surface area contributed by atoms with Crippen molar-refractivity contribution >= 4 is 5.78 Å². The van der Waals surface area contributed by atoms with E-state index in [0.29, 0.717) is 24.3 Å². The number of ketones is 1. The summed E-state index contributed by atoms with van der Waals surface area (Å²) in [6.07, 6.45) is 1.30. The Morgan fingerprint density at radius 2 is 2.32 bits per heavy atom. The molecule has 22 heavy (non-hydrogen) atoms. The van der Waals surface area contributed by atoms with E-state index in [1.165, 1.54) is 5.56 Å². The zero-order chi connectivity index (χ0) is 14.9. The number of piperidine rings is 1. The van der Waals surface area contributed by atoms with E-state index in [1.807, 2.05) is 6.07 Å². The first kappa shape index (κ1) is 11.9. The number of benzene rings is 1. The van der Waals surface area contributed by atoms with Gasteiger partial charge in [0.05, 0.1) is 18.1 Å². The molecule has 0 amide bonds. The minimum Gasteiger partial charge on any atom is -0.493 e. The van der Waals surface area contributed by atoms with E-state index in [0.717, 1.165) is 18.5 Å². The largest absolute Gasteiger partial charge is 0.493 e. The van der Waals surface area contributed by atoms with Crippen LogP contribution < -0.4 is 14.8 Å². The first-order valence-corrected chi connectivity index (χ1v) is 7.96. The molecular formula is C17H17NO4. The van der Waals surface area contributed by atoms with E-state index in [1.54, 1.807) is 7.11 Å². The van der Waals surface area contributed by atoms with E-state index in [9.17, 15) is 9.90 Å². The average Bonchev–Trinajstić information content (AvgIpc) is 3.01. The van der Waals surface area contributed by atoms with Gasteiger partial charge >= 0.3 is 0 Å². The summed E-state index contributed by atoms with van der Waals surface area (Å²) in [6, 6.07) is 4.09. The van der Waals surface area contributed by atoms with Crippen molar-refractivity contribution in [2.24, 2.45) is 5.41 Å². The molecule has 5 atom stereocenters. The summed E-state index contributed by atoms with van der Waals surface area (Å²) in [4.78, 5) is 12.6. The van der Waals surface area contributed by atoms with Crippen molar-refractivity contribution in [1.29, 1.82) is 0 Å². The number of hydrogen-bond donors (Lipinski definition) is 2. The third-order valence-electron chi connectivity index (χ3n) is 7.12. The number of nitrogens with one attached hydrogen (secondary N) is 1. The molecule has 0 radical (unpaired) electrons. The quantitative estimate of drug-likeness (QED) is 0.781. The van der Waals surface area contributed by atoms with Gasteiger partial charge in [-0.2, -0.15) is 0 Å². The van der Waals surface area contributed by atoms with Gasteiger partial charge in [0.25, 0.3) is 0 Å². The van der Waals surface area contributed by atoms with Gasteiger partial charge in [-0.05, 0) is 24.5 Å². The smallest absolute Gasteiger partial charge is 0.174 e. The number of carbonyl (C=O) groups is 1. The summed E-state index contributed by atoms with van der Waals surface area (Å²) < 4.78 is 11.6. The van der Waals surface area contributed by atoms with Crippen LogP contribution in [0.2, 0.25) is 0 Å². The number of rotatable bonds is 1. The second-order valence-corrected chi connectivity index (χ2v) is 7.47. The zero-order valence-corrected chi connectivity index (χ0v) is 12.3. The summed E-state index contributed by atoms with van der Waals surface area (Å²) in [6.45, 7) is 0.851. The van der Waals surface area contributed by atoms with Crippen molar-refractivity contribution in [3.05, 3.63) is 23.3 Å². The molecule has 0 aromatic heterocycles. The lowest BCUT2D eigenvalue weighted by Crippen LogP contribution is -2.96. The topological polar surface area (TPSA) is 67.8 Å². The zero-order valence-electron chi connectivity index (χ0n) is 12.3. The predicted molar refractivity (Wildman–Crippen MR) is 76.2 cm³/mol. The fourth-order valence-corrected chi connectivity index (χ4v) is 6.51. The molecule has 1 aromatic carbocycles. The first-order chi connectivity index (χ1) is 10.6. The number of methoxy groups -OCH3 is 1. The molecule has 1 aromatic rings. The van der Waals surface area contributed by atoms with Crippen LogP contribution in [0.1, 0.15) is 24.0 Å². The maximum Gasteiger partial charge on any atom is 0.174 e. The fraction of sp³-hybridized carbons (Fsp3) is 0.588. The minimum absolute atomic E-state index is 0.0531. The summed E-state index contributed by atoms with van der Waals surface area (Å²) in [5.41, 5.74) is 0.806. The normalized spacial score (nSPS) is 48.5. The summed E-state index contributed by atoms with van der Waals surface area (Å²) in [5, 5.41) is 14.9. The van der Waals surface area contributed by atoms with Gasteiger partial charge in [-0.1, -0.05) is 6.07 Å². The van der Waals surface area contributed by atoms with Crippen LogP contribution in [0.3, 0.4) is 0 Å². The van der Waals surface area contributed by atoms with Crippen LogP contribution in [-0.4, -0.2) is 42.3 Å². The van der Waals surface area contributed by atoms with Gasteiger partial charge in [0.2, 0.25) is 0 Å². The van der Waals surface area contributed by atoms with E-state index >= 15 is 0 Å². The van der Waals surface area contributed by atoms with Crippen molar-refractivity contribution in [1.82, 2.24) is 5.32 Å². The molecule has 2 N–H and O–H groups in total. The molecular weight excluding hydrogens is 282 g/mol. The lowest BCUT2D eigenvalue weighted by atomic mass is 9.31. The van der Waals surface area contributed by atoms with E-state index in [2.05, 4.69) is 11.4 Å². The molecule has 3 aliphatic carbocycles. The van der Waals surface area contributed by atoms with Gasteiger partial charge in [-0.15, -0.1) is 0 Å². The average molecular weight is 299 g/mol. The third kappa shape index (κ3) is 0.783. The van der Waals surface area contributed by atoms with Crippen LogP contribution in [0, 0.1) is 5.41 Å². The highest BCUT2D eigenvalue weighted by Crippen LogP contribution is 2.80. The van der Waals surface area contributed by atoms with Gasteiger partial charge in [0.15, 0.2) is 23.4 Å². The number of hydrogen-bond acceptors (Lipinski definition) is 5. The molecule has 114 valence electrons. The lowest BCUT2D eigenvalue weighted by Gasteiger charge is -2.78. The molecule has 2 aliphatic heterocycles. The highest BCUT2D eigenvalue weighted by atomic mass is 16.5. The number of aliphatic hydroxyl groups is 1. The van der Waals surface area contributed by atoms with Gasteiger partial charge in [0, 0.05) is 30.0 Å². The highest BCUT2D eigenvalue weighted by molar-refractivity contribution is 5.92. The van der Waals surface area contributed by atoms with Crippen LogP contribution in [0.15, 0.2) is 12.1 Å². The summed E-state index contributed by atoms with van der Waals surface area (Å²) >= 11 is 0. The molecule has 2 heterocycles. The van der Waals surface area contributed by atoms with E-state index in [-0.39, 0.29) is 17.2 Å². The fourth-order valence-electron chi connectivity index (χ4n) is 6.51. The van der Waals surface area contributed by atoms with Gasteiger partial charge in [-0.3, -0.25) is 4.79 Å². The van der Waals surface area contributed by atoms with Crippen LogP contribution in [-0.2, 0) is 16.6 Å². The Labute approximate surface area is 127 Å². The van der Waals surface area contributed by atoms with E-state index in [4.69, 9.17) is 9.47 Å². The molecule has 5 nitrogen and oxygen atoms in total. The van der Waals surface area contributed by atoms with Gasteiger partial charge in [0.1, 0.15) is 0 Å². The predicted octanol–water partition coefficient (Wildman–Crippen LogP) is 0.316. The van der Waals surface area contributed by atoms with Crippen molar-refractivity contribution in [3.63, 3.8) is 0 Å². The van der Waals surface area contributed by atoms with Crippen LogP contribution in [0.4, 0.5) is 0 Å². The standard InChI is InChI=1S/C17H17NO4/c1-21-10-3-2-8-6-15-7-18-14(15)16(20)5-4-9(19)13-17(15,16)11(8)12(10)22-13/h2-3,13-14,18,20H,4-7H2,1H3/t13-,14+,15?,16+,17-/m1/s1. The Bertz CT molecular complexity index is 768. The number of ether oxygens (including phenoxy) is 2. The molecule has 1 unspecified atom stereocenters. The molecule has 2 saturated carbocycles.